The van der Waals surface area contributed by atoms with Gasteiger partial charge in [0.05, 0.1) is 18.0 Å². The second-order valence-electron chi connectivity index (χ2n) is 6.72. The Hall–Kier alpha value is -0.750. The van der Waals surface area contributed by atoms with Crippen LogP contribution in [0.3, 0.4) is 0 Å². The zero-order valence-electron chi connectivity index (χ0n) is 12.3. The van der Waals surface area contributed by atoms with E-state index in [1.54, 1.807) is 21.6 Å². The molecule has 3 aliphatic rings. The summed E-state index contributed by atoms with van der Waals surface area (Å²) in [5.74, 6) is 0.915. The highest BCUT2D eigenvalue weighted by Gasteiger charge is 2.56. The smallest absolute Gasteiger partial charge is 0.246 e. The van der Waals surface area contributed by atoms with Gasteiger partial charge in [0, 0.05) is 12.2 Å². The van der Waals surface area contributed by atoms with Crippen LogP contribution < -0.4 is 0 Å². The zero-order valence-corrected chi connectivity index (χ0v) is 13.1. The van der Waals surface area contributed by atoms with Gasteiger partial charge in [0.25, 0.3) is 0 Å². The minimum atomic E-state index is -0.750. The van der Waals surface area contributed by atoms with Crippen LogP contribution in [-0.2, 0) is 9.59 Å². The lowest BCUT2D eigenvalue weighted by molar-refractivity contribution is -0.169. The highest BCUT2D eigenvalue weighted by Crippen LogP contribution is 2.48. The van der Waals surface area contributed by atoms with Crippen LogP contribution in [0.15, 0.2) is 0 Å². The van der Waals surface area contributed by atoms with Crippen LogP contribution >= 0.6 is 11.8 Å². The van der Waals surface area contributed by atoms with Gasteiger partial charge in [-0.15, -0.1) is 11.8 Å². The molecule has 3 aliphatic heterocycles. The summed E-state index contributed by atoms with van der Waals surface area (Å²) in [6.07, 6.45) is 1.37. The third-order valence-corrected chi connectivity index (χ3v) is 6.55. The first-order chi connectivity index (χ1) is 9.27. The van der Waals surface area contributed by atoms with E-state index in [0.717, 1.165) is 6.42 Å². The fourth-order valence-electron chi connectivity index (χ4n) is 3.35. The van der Waals surface area contributed by atoms with Crippen LogP contribution in [0.1, 0.15) is 33.6 Å². The summed E-state index contributed by atoms with van der Waals surface area (Å²) in [6, 6.07) is -0.336. The Balaban J connectivity index is 1.69. The molecule has 0 aromatic heterocycles. The Labute approximate surface area is 123 Å². The van der Waals surface area contributed by atoms with E-state index >= 15 is 0 Å². The van der Waals surface area contributed by atoms with Crippen molar-refractivity contribution in [2.45, 2.75) is 50.1 Å². The summed E-state index contributed by atoms with van der Waals surface area (Å²) in [4.78, 5) is 27.9. The maximum atomic E-state index is 12.6. The van der Waals surface area contributed by atoms with Crippen LogP contribution in [0.2, 0.25) is 0 Å². The molecule has 2 amide bonds. The van der Waals surface area contributed by atoms with Crippen molar-refractivity contribution in [3.05, 3.63) is 0 Å². The van der Waals surface area contributed by atoms with Gasteiger partial charge in [0.1, 0.15) is 11.6 Å². The molecule has 0 radical (unpaired) electrons. The van der Waals surface area contributed by atoms with E-state index in [2.05, 4.69) is 6.92 Å². The highest BCUT2D eigenvalue weighted by atomic mass is 32.2. The molecule has 0 spiro atoms. The van der Waals surface area contributed by atoms with Crippen molar-refractivity contribution in [2.24, 2.45) is 5.92 Å². The van der Waals surface area contributed by atoms with Crippen LogP contribution in [0, 0.1) is 5.92 Å². The van der Waals surface area contributed by atoms with Crippen molar-refractivity contribution in [1.82, 2.24) is 9.80 Å². The SMILES string of the molecule is CC(C)C1(O)CN(C(=O)C2CSC3(C)CCC(=O)N23)C1. The summed E-state index contributed by atoms with van der Waals surface area (Å²) >= 11 is 1.71. The number of carbonyl (C=O) groups excluding carboxylic acids is 2. The second kappa shape index (κ2) is 4.37. The van der Waals surface area contributed by atoms with Crippen LogP contribution in [0.25, 0.3) is 0 Å². The van der Waals surface area contributed by atoms with Gasteiger partial charge in [-0.2, -0.15) is 0 Å². The molecule has 6 heteroatoms. The number of hydrogen-bond acceptors (Lipinski definition) is 4. The number of aliphatic hydroxyl groups is 1. The predicted molar refractivity (Wildman–Crippen MR) is 77.1 cm³/mol. The van der Waals surface area contributed by atoms with E-state index in [9.17, 15) is 14.7 Å². The average molecular weight is 298 g/mol. The molecule has 3 heterocycles. The van der Waals surface area contributed by atoms with Gasteiger partial charge in [-0.1, -0.05) is 13.8 Å². The van der Waals surface area contributed by atoms with Gasteiger partial charge in [0.15, 0.2) is 0 Å². The Kier molecular flexibility index (Phi) is 3.10. The van der Waals surface area contributed by atoms with E-state index in [4.69, 9.17) is 0 Å². The molecule has 0 bridgehead atoms. The Morgan fingerprint density at radius 2 is 2.10 bits per heavy atom. The molecule has 3 fully saturated rings. The predicted octanol–water partition coefficient (Wildman–Crippen LogP) is 0.670. The van der Waals surface area contributed by atoms with E-state index < -0.39 is 5.60 Å². The standard InChI is InChI=1S/C14H22N2O3S/c1-9(2)14(19)7-15(8-14)12(18)10-6-20-13(3)5-4-11(17)16(10)13/h9-10,19H,4-8H2,1-3H3. The third kappa shape index (κ3) is 1.88. The molecule has 2 atom stereocenters. The number of amides is 2. The number of fused-ring (bicyclic) bond motifs is 1. The van der Waals surface area contributed by atoms with Crippen LogP contribution in [0.5, 0.6) is 0 Å². The molecule has 0 aromatic carbocycles. The maximum absolute atomic E-state index is 12.6. The van der Waals surface area contributed by atoms with Crippen LogP contribution in [0.4, 0.5) is 0 Å². The van der Waals surface area contributed by atoms with Crippen molar-refractivity contribution >= 4 is 23.6 Å². The largest absolute Gasteiger partial charge is 0.386 e. The molecule has 20 heavy (non-hydrogen) atoms. The molecular weight excluding hydrogens is 276 g/mol. The van der Waals surface area contributed by atoms with Gasteiger partial charge in [0.2, 0.25) is 11.8 Å². The summed E-state index contributed by atoms with van der Waals surface area (Å²) in [6.45, 7) is 6.77. The molecule has 3 rings (SSSR count). The molecule has 0 saturated carbocycles. The lowest BCUT2D eigenvalue weighted by atomic mass is 9.82. The number of nitrogens with zero attached hydrogens (tertiary/aromatic N) is 2. The second-order valence-corrected chi connectivity index (χ2v) is 8.22. The number of rotatable bonds is 2. The molecule has 1 N–H and O–H groups in total. The molecule has 2 unspecified atom stereocenters. The Bertz CT molecular complexity index is 461. The minimum absolute atomic E-state index is 0.00167. The summed E-state index contributed by atoms with van der Waals surface area (Å²) in [5.41, 5.74) is -0.750. The van der Waals surface area contributed by atoms with E-state index in [1.807, 2.05) is 13.8 Å². The van der Waals surface area contributed by atoms with Crippen molar-refractivity contribution in [3.63, 3.8) is 0 Å². The van der Waals surface area contributed by atoms with E-state index in [-0.39, 0.29) is 28.6 Å². The summed E-state index contributed by atoms with van der Waals surface area (Å²) in [7, 11) is 0. The van der Waals surface area contributed by atoms with Crippen LogP contribution in [-0.4, -0.2) is 62.1 Å². The van der Waals surface area contributed by atoms with E-state index in [0.29, 0.717) is 25.3 Å². The number of likely N-dealkylation sites (tertiary alicyclic amines) is 1. The first-order valence-corrected chi connectivity index (χ1v) is 8.23. The fourth-order valence-corrected chi connectivity index (χ4v) is 4.77. The number of hydrogen-bond donors (Lipinski definition) is 1. The lowest BCUT2D eigenvalue weighted by Gasteiger charge is -2.50. The van der Waals surface area contributed by atoms with E-state index in [1.165, 1.54) is 0 Å². The van der Waals surface area contributed by atoms with Crippen molar-refractivity contribution in [2.75, 3.05) is 18.8 Å². The molecule has 112 valence electrons. The fraction of sp³-hybridized carbons (Fsp3) is 0.857. The summed E-state index contributed by atoms with van der Waals surface area (Å²) in [5, 5.41) is 10.3. The third-order valence-electron chi connectivity index (χ3n) is 5.05. The number of β-amino-alcohol motifs (C(OH)–C–C–N with tert-alkyl or cyclic N) is 1. The van der Waals surface area contributed by atoms with Crippen molar-refractivity contribution < 1.29 is 14.7 Å². The van der Waals surface area contributed by atoms with Gasteiger partial charge in [-0.3, -0.25) is 9.59 Å². The molecular formula is C14H22N2O3S. The maximum Gasteiger partial charge on any atom is 0.246 e. The highest BCUT2D eigenvalue weighted by molar-refractivity contribution is 8.01. The van der Waals surface area contributed by atoms with Crippen molar-refractivity contribution in [1.29, 1.82) is 0 Å². The molecule has 0 aliphatic carbocycles. The first kappa shape index (κ1) is 14.2. The van der Waals surface area contributed by atoms with Crippen molar-refractivity contribution in [3.8, 4) is 0 Å². The first-order valence-electron chi connectivity index (χ1n) is 7.24. The Morgan fingerprint density at radius 3 is 2.70 bits per heavy atom. The molecule has 0 aromatic rings. The minimum Gasteiger partial charge on any atom is -0.386 e. The van der Waals surface area contributed by atoms with Gasteiger partial charge >= 0.3 is 0 Å². The molecule has 3 saturated heterocycles. The van der Waals surface area contributed by atoms with Gasteiger partial charge in [-0.05, 0) is 19.3 Å². The quantitative estimate of drug-likeness (QED) is 0.814. The number of thioether (sulfide) groups is 1. The molecule has 5 nitrogen and oxygen atoms in total. The Morgan fingerprint density at radius 1 is 1.45 bits per heavy atom. The average Bonchev–Trinajstić information content (AvgIpc) is 2.82. The van der Waals surface area contributed by atoms with Gasteiger partial charge in [-0.25, -0.2) is 0 Å². The lowest BCUT2D eigenvalue weighted by Crippen LogP contribution is -2.68. The zero-order chi connectivity index (χ0) is 14.7. The summed E-state index contributed by atoms with van der Waals surface area (Å²) < 4.78 is 0. The van der Waals surface area contributed by atoms with Gasteiger partial charge < -0.3 is 14.9 Å². The number of carbonyl (C=O) groups is 2. The normalized spacial score (nSPS) is 35.5. The monoisotopic (exact) mass is 298 g/mol. The topological polar surface area (TPSA) is 60.9 Å².